The smallest absolute Gasteiger partial charge is 0.258 e. The van der Waals surface area contributed by atoms with E-state index in [9.17, 15) is 10.1 Å². The fourth-order valence-electron chi connectivity index (χ4n) is 1.24. The monoisotopic (exact) mass is 228 g/mol. The largest absolute Gasteiger partial charge is 0.307 e. The summed E-state index contributed by atoms with van der Waals surface area (Å²) in [5.74, 6) is 0. The summed E-state index contributed by atoms with van der Waals surface area (Å²) in [5.41, 5.74) is 0.582. The van der Waals surface area contributed by atoms with Crippen LogP contribution in [0.5, 0.6) is 0 Å². The first kappa shape index (κ1) is 9.36. The maximum atomic E-state index is 10.7. The van der Waals surface area contributed by atoms with Crippen LogP contribution in [0.2, 0.25) is 5.02 Å². The first-order chi connectivity index (χ1) is 6.59. The van der Waals surface area contributed by atoms with Gasteiger partial charge in [-0.3, -0.25) is 10.1 Å². The number of rotatable bonds is 1. The summed E-state index contributed by atoms with van der Waals surface area (Å²) in [6.07, 6.45) is 0. The molecule has 4 nitrogen and oxygen atoms in total. The minimum atomic E-state index is -0.470. The van der Waals surface area contributed by atoms with Crippen molar-refractivity contribution in [2.45, 2.75) is 6.92 Å². The van der Waals surface area contributed by atoms with Gasteiger partial charge in [0.05, 0.1) is 15.4 Å². The van der Waals surface area contributed by atoms with Crippen molar-refractivity contribution in [3.8, 4) is 0 Å². The van der Waals surface area contributed by atoms with E-state index in [0.717, 1.165) is 5.01 Å². The fraction of sp³-hybridized carbons (Fsp3) is 0.125. The third-order valence-corrected chi connectivity index (χ3v) is 3.07. The fourth-order valence-corrected chi connectivity index (χ4v) is 2.46. The molecule has 2 rings (SSSR count). The highest BCUT2D eigenvalue weighted by molar-refractivity contribution is 7.19. The van der Waals surface area contributed by atoms with Gasteiger partial charge in [-0.1, -0.05) is 11.6 Å². The van der Waals surface area contributed by atoms with Crippen LogP contribution in [-0.4, -0.2) is 9.91 Å². The molecule has 0 saturated heterocycles. The molecule has 0 saturated carbocycles. The van der Waals surface area contributed by atoms with Crippen molar-refractivity contribution in [1.82, 2.24) is 4.98 Å². The molecule has 2 aromatic rings. The van der Waals surface area contributed by atoms with Crippen molar-refractivity contribution in [2.75, 3.05) is 0 Å². The Kier molecular flexibility index (Phi) is 2.13. The second-order valence-corrected chi connectivity index (χ2v) is 4.34. The Morgan fingerprint density at radius 2 is 2.29 bits per heavy atom. The maximum absolute atomic E-state index is 10.7. The highest BCUT2D eigenvalue weighted by Crippen LogP contribution is 2.36. The van der Waals surface area contributed by atoms with Gasteiger partial charge in [0.2, 0.25) is 0 Å². The summed E-state index contributed by atoms with van der Waals surface area (Å²) in [6, 6.07) is 3.19. The van der Waals surface area contributed by atoms with E-state index in [1.807, 2.05) is 6.92 Å². The predicted molar refractivity (Wildman–Crippen MR) is 56.0 cm³/mol. The number of hydrogen-bond acceptors (Lipinski definition) is 4. The van der Waals surface area contributed by atoms with Gasteiger partial charge < -0.3 is 0 Å². The molecule has 0 fully saturated rings. The highest BCUT2D eigenvalue weighted by atomic mass is 35.5. The lowest BCUT2D eigenvalue weighted by Gasteiger charge is -1.94. The minimum Gasteiger partial charge on any atom is -0.258 e. The first-order valence-electron chi connectivity index (χ1n) is 3.79. The maximum Gasteiger partial charge on any atom is 0.307 e. The van der Waals surface area contributed by atoms with E-state index in [4.69, 9.17) is 11.6 Å². The van der Waals surface area contributed by atoms with Crippen molar-refractivity contribution in [3.63, 3.8) is 0 Å². The van der Waals surface area contributed by atoms with E-state index in [1.54, 1.807) is 6.07 Å². The van der Waals surface area contributed by atoms with Crippen molar-refractivity contribution < 1.29 is 4.92 Å². The highest BCUT2D eigenvalue weighted by Gasteiger charge is 2.19. The molecule has 0 radical (unpaired) electrons. The van der Waals surface area contributed by atoms with Gasteiger partial charge in [0.25, 0.3) is 0 Å². The van der Waals surface area contributed by atoms with Crippen molar-refractivity contribution in [3.05, 3.63) is 32.3 Å². The van der Waals surface area contributed by atoms with Gasteiger partial charge in [-0.05, 0) is 19.1 Å². The number of benzene rings is 1. The van der Waals surface area contributed by atoms with E-state index < -0.39 is 4.92 Å². The molecule has 1 aromatic heterocycles. The van der Waals surface area contributed by atoms with Crippen LogP contribution in [0.3, 0.4) is 0 Å². The third kappa shape index (κ3) is 1.34. The van der Waals surface area contributed by atoms with Gasteiger partial charge in [-0.25, -0.2) is 4.98 Å². The number of hydrogen-bond donors (Lipinski definition) is 0. The number of aromatic nitrogens is 1. The van der Waals surface area contributed by atoms with Gasteiger partial charge in [0, 0.05) is 0 Å². The van der Waals surface area contributed by atoms with Crippen molar-refractivity contribution in [2.24, 2.45) is 0 Å². The molecular weight excluding hydrogens is 224 g/mol. The van der Waals surface area contributed by atoms with Gasteiger partial charge in [0.15, 0.2) is 0 Å². The van der Waals surface area contributed by atoms with Crippen LogP contribution in [0.25, 0.3) is 10.2 Å². The Morgan fingerprint density at radius 3 is 2.93 bits per heavy atom. The average molecular weight is 229 g/mol. The van der Waals surface area contributed by atoms with Crippen molar-refractivity contribution in [1.29, 1.82) is 0 Å². The molecule has 0 bridgehead atoms. The number of nitro benzene ring substituents is 1. The molecule has 0 N–H and O–H groups in total. The van der Waals surface area contributed by atoms with E-state index in [1.165, 1.54) is 17.4 Å². The summed E-state index contributed by atoms with van der Waals surface area (Å²) in [5, 5.41) is 11.7. The standard InChI is InChI=1S/C8H5ClN2O2S/c1-4-10-6-3-2-5(9)7(11(12)13)8(6)14-4/h2-3H,1H3. The number of halogens is 1. The zero-order valence-electron chi connectivity index (χ0n) is 7.15. The van der Waals surface area contributed by atoms with Crippen LogP contribution in [0.1, 0.15) is 5.01 Å². The zero-order valence-corrected chi connectivity index (χ0v) is 8.72. The van der Waals surface area contributed by atoms with E-state index >= 15 is 0 Å². The summed E-state index contributed by atoms with van der Waals surface area (Å²) in [7, 11) is 0. The molecule has 14 heavy (non-hydrogen) atoms. The Bertz CT molecular complexity index is 523. The Labute approximate surface area is 88.3 Å². The lowest BCUT2D eigenvalue weighted by molar-refractivity contribution is -0.382. The lowest BCUT2D eigenvalue weighted by atomic mass is 10.3. The molecule has 72 valence electrons. The molecule has 0 unspecified atom stereocenters. The normalized spacial score (nSPS) is 10.7. The molecule has 0 atom stereocenters. The second kappa shape index (κ2) is 3.18. The number of nitro groups is 1. The quantitative estimate of drug-likeness (QED) is 0.556. The Hall–Kier alpha value is -1.20. The summed E-state index contributed by atoms with van der Waals surface area (Å²) in [4.78, 5) is 14.4. The zero-order chi connectivity index (χ0) is 10.3. The molecule has 0 aliphatic rings. The van der Waals surface area contributed by atoms with E-state index in [2.05, 4.69) is 4.98 Å². The van der Waals surface area contributed by atoms with Gasteiger partial charge in [-0.15, -0.1) is 11.3 Å². The molecule has 0 spiro atoms. The number of aryl methyl sites for hydroxylation is 1. The topological polar surface area (TPSA) is 56.0 Å². The summed E-state index contributed by atoms with van der Waals surface area (Å²) < 4.78 is 0.542. The van der Waals surface area contributed by atoms with Gasteiger partial charge in [-0.2, -0.15) is 0 Å². The van der Waals surface area contributed by atoms with Gasteiger partial charge in [0.1, 0.15) is 9.72 Å². The molecule has 0 aliphatic heterocycles. The first-order valence-corrected chi connectivity index (χ1v) is 4.99. The van der Waals surface area contributed by atoms with Crippen LogP contribution in [0, 0.1) is 17.0 Å². The number of nitrogens with zero attached hydrogens (tertiary/aromatic N) is 2. The minimum absolute atomic E-state index is 0.0465. The van der Waals surface area contributed by atoms with Crippen LogP contribution < -0.4 is 0 Å². The molecule has 1 heterocycles. The molecule has 6 heteroatoms. The van der Waals surface area contributed by atoms with Crippen LogP contribution in [0.4, 0.5) is 5.69 Å². The number of fused-ring (bicyclic) bond motifs is 1. The van der Waals surface area contributed by atoms with Gasteiger partial charge >= 0.3 is 5.69 Å². The molecular formula is C8H5ClN2O2S. The Balaban J connectivity index is 2.88. The van der Waals surface area contributed by atoms with E-state index in [0.29, 0.717) is 10.2 Å². The summed E-state index contributed by atoms with van der Waals surface area (Å²) in [6.45, 7) is 1.81. The van der Waals surface area contributed by atoms with Crippen molar-refractivity contribution >= 4 is 38.8 Å². The molecule has 1 aromatic carbocycles. The average Bonchev–Trinajstić information content (AvgIpc) is 2.43. The van der Waals surface area contributed by atoms with Crippen LogP contribution in [0.15, 0.2) is 12.1 Å². The predicted octanol–water partition coefficient (Wildman–Crippen LogP) is 3.17. The molecule has 0 amide bonds. The number of thiazole rings is 1. The second-order valence-electron chi connectivity index (χ2n) is 2.73. The van der Waals surface area contributed by atoms with Crippen LogP contribution in [-0.2, 0) is 0 Å². The molecule has 0 aliphatic carbocycles. The third-order valence-electron chi connectivity index (χ3n) is 1.77. The van der Waals surface area contributed by atoms with E-state index in [-0.39, 0.29) is 10.7 Å². The van der Waals surface area contributed by atoms with Crippen LogP contribution >= 0.6 is 22.9 Å². The Morgan fingerprint density at radius 1 is 1.57 bits per heavy atom. The summed E-state index contributed by atoms with van der Waals surface area (Å²) >= 11 is 7.03. The lowest BCUT2D eigenvalue weighted by Crippen LogP contribution is -1.88. The SMILES string of the molecule is Cc1nc2ccc(Cl)c([N+](=O)[O-])c2s1.